The summed E-state index contributed by atoms with van der Waals surface area (Å²) in [4.78, 5) is 4.78. The number of rotatable bonds is 5. The lowest BCUT2D eigenvalue weighted by atomic mass is 9.94. The molecule has 0 bridgehead atoms. The normalized spacial score (nSPS) is 18.1. The van der Waals surface area contributed by atoms with E-state index in [0.717, 1.165) is 12.3 Å². The van der Waals surface area contributed by atoms with Crippen molar-refractivity contribution in [2.75, 3.05) is 0 Å². The van der Waals surface area contributed by atoms with Gasteiger partial charge in [-0.1, -0.05) is 64.3 Å². The zero-order valence-electron chi connectivity index (χ0n) is 14.2. The summed E-state index contributed by atoms with van der Waals surface area (Å²) in [5.41, 5.74) is 8.93. The Morgan fingerprint density at radius 3 is 2.23 bits per heavy atom. The number of nitrogens with zero attached hydrogens (tertiary/aromatic N) is 1. The van der Waals surface area contributed by atoms with E-state index in [9.17, 15) is 0 Å². The zero-order chi connectivity index (χ0) is 15.2. The quantitative estimate of drug-likeness (QED) is 0.594. The number of halogens is 1. The van der Waals surface area contributed by atoms with E-state index in [1.165, 1.54) is 43.2 Å². The van der Waals surface area contributed by atoms with Gasteiger partial charge in [-0.25, -0.2) is 0 Å². The van der Waals surface area contributed by atoms with E-state index in [2.05, 4.69) is 45.0 Å². The molecule has 0 heterocycles. The predicted octanol–water partition coefficient (Wildman–Crippen LogP) is 5.10. The van der Waals surface area contributed by atoms with Crippen molar-refractivity contribution in [3.8, 4) is 0 Å². The van der Waals surface area contributed by atoms with Crippen LogP contribution in [0, 0.1) is 5.92 Å². The molecule has 0 radical (unpaired) electrons. The van der Waals surface area contributed by atoms with Gasteiger partial charge in [0.2, 0.25) is 0 Å². The number of nitrogens with two attached hydrogens (primary N) is 1. The molecule has 0 saturated heterocycles. The van der Waals surface area contributed by atoms with Crippen LogP contribution in [0.25, 0.3) is 0 Å². The molecular formula is C19H31ClN2. The molecule has 0 aromatic heterocycles. The molecule has 2 rings (SSSR count). The zero-order valence-corrected chi connectivity index (χ0v) is 15.0. The van der Waals surface area contributed by atoms with Crippen LogP contribution in [-0.4, -0.2) is 11.9 Å². The van der Waals surface area contributed by atoms with Crippen LogP contribution in [0.3, 0.4) is 0 Å². The Hall–Kier alpha value is -1.02. The molecule has 0 aliphatic heterocycles. The van der Waals surface area contributed by atoms with Gasteiger partial charge in [-0.05, 0) is 36.3 Å². The van der Waals surface area contributed by atoms with Crippen LogP contribution in [0.1, 0.15) is 69.9 Å². The highest BCUT2D eigenvalue weighted by Gasteiger charge is 2.15. The smallest absolute Gasteiger partial charge is 0.101 e. The van der Waals surface area contributed by atoms with Gasteiger partial charge in [0.25, 0.3) is 0 Å². The Labute approximate surface area is 142 Å². The lowest BCUT2D eigenvalue weighted by Gasteiger charge is -2.20. The van der Waals surface area contributed by atoms with Crippen LogP contribution in [0.2, 0.25) is 0 Å². The minimum atomic E-state index is 0. The Balaban J connectivity index is 0.00000242. The fourth-order valence-corrected chi connectivity index (χ4v) is 3.12. The third-order valence-corrected chi connectivity index (χ3v) is 4.47. The second-order valence-electron chi connectivity index (χ2n) is 6.91. The fourth-order valence-electron chi connectivity index (χ4n) is 3.12. The average Bonchev–Trinajstić information content (AvgIpc) is 2.47. The van der Waals surface area contributed by atoms with E-state index >= 15 is 0 Å². The molecule has 0 spiro atoms. The molecule has 1 unspecified atom stereocenters. The van der Waals surface area contributed by atoms with Crippen molar-refractivity contribution < 1.29 is 0 Å². The standard InChI is InChI=1S/C19H30N2.ClH/c1-14(2)13-16-9-11-17(12-10-16)15(3)19(20)21-18-7-5-4-6-8-18;/h9-12,14-15,18H,4-8,13H2,1-3H3,(H2,20,21);1H. The van der Waals surface area contributed by atoms with Crippen LogP contribution in [0.4, 0.5) is 0 Å². The lowest BCUT2D eigenvalue weighted by molar-refractivity contribution is 0.442. The molecule has 22 heavy (non-hydrogen) atoms. The molecule has 3 heteroatoms. The maximum absolute atomic E-state index is 6.25. The minimum absolute atomic E-state index is 0. The first-order valence-corrected chi connectivity index (χ1v) is 8.48. The van der Waals surface area contributed by atoms with Gasteiger partial charge in [0.05, 0.1) is 6.04 Å². The largest absolute Gasteiger partial charge is 0.387 e. The molecule has 1 aromatic rings. The van der Waals surface area contributed by atoms with Crippen LogP contribution < -0.4 is 5.73 Å². The highest BCUT2D eigenvalue weighted by Crippen LogP contribution is 2.23. The Bertz CT molecular complexity index is 459. The minimum Gasteiger partial charge on any atom is -0.387 e. The van der Waals surface area contributed by atoms with Gasteiger partial charge in [-0.2, -0.15) is 0 Å². The second kappa shape index (κ2) is 9.19. The molecule has 1 atom stereocenters. The molecule has 1 saturated carbocycles. The highest BCUT2D eigenvalue weighted by molar-refractivity contribution is 5.87. The highest BCUT2D eigenvalue weighted by atomic mass is 35.5. The number of aliphatic imine (C=N–C) groups is 1. The number of amidine groups is 1. The summed E-state index contributed by atoms with van der Waals surface area (Å²) in [5.74, 6) is 1.73. The van der Waals surface area contributed by atoms with Crippen LogP contribution in [-0.2, 0) is 6.42 Å². The molecule has 1 aliphatic carbocycles. The van der Waals surface area contributed by atoms with Crippen molar-refractivity contribution in [3.05, 3.63) is 35.4 Å². The monoisotopic (exact) mass is 322 g/mol. The number of hydrogen-bond donors (Lipinski definition) is 1. The fraction of sp³-hybridized carbons (Fsp3) is 0.632. The van der Waals surface area contributed by atoms with E-state index in [1.807, 2.05) is 0 Å². The summed E-state index contributed by atoms with van der Waals surface area (Å²) in [6.45, 7) is 6.68. The topological polar surface area (TPSA) is 38.4 Å². The van der Waals surface area contributed by atoms with Gasteiger partial charge in [0, 0.05) is 5.92 Å². The molecule has 1 fully saturated rings. The summed E-state index contributed by atoms with van der Waals surface area (Å²) < 4.78 is 0. The van der Waals surface area contributed by atoms with Crippen molar-refractivity contribution in [2.45, 2.75) is 71.3 Å². The maximum atomic E-state index is 6.25. The Morgan fingerprint density at radius 1 is 1.09 bits per heavy atom. The summed E-state index contributed by atoms with van der Waals surface area (Å²) >= 11 is 0. The predicted molar refractivity (Wildman–Crippen MR) is 99.1 cm³/mol. The third-order valence-electron chi connectivity index (χ3n) is 4.47. The van der Waals surface area contributed by atoms with Gasteiger partial charge in [0.15, 0.2) is 0 Å². The summed E-state index contributed by atoms with van der Waals surface area (Å²) in [6, 6.07) is 9.36. The van der Waals surface area contributed by atoms with E-state index in [-0.39, 0.29) is 18.3 Å². The van der Waals surface area contributed by atoms with E-state index in [0.29, 0.717) is 12.0 Å². The van der Waals surface area contributed by atoms with Gasteiger partial charge < -0.3 is 5.73 Å². The van der Waals surface area contributed by atoms with Crippen LogP contribution >= 0.6 is 12.4 Å². The Morgan fingerprint density at radius 2 is 1.68 bits per heavy atom. The lowest BCUT2D eigenvalue weighted by Crippen LogP contribution is -2.23. The number of hydrogen-bond acceptors (Lipinski definition) is 1. The van der Waals surface area contributed by atoms with Gasteiger partial charge in [-0.3, -0.25) is 4.99 Å². The summed E-state index contributed by atoms with van der Waals surface area (Å²) in [6.07, 6.45) is 7.53. The third kappa shape index (κ3) is 5.64. The van der Waals surface area contributed by atoms with E-state index in [4.69, 9.17) is 10.7 Å². The van der Waals surface area contributed by atoms with Crippen LogP contribution in [0.5, 0.6) is 0 Å². The van der Waals surface area contributed by atoms with E-state index < -0.39 is 0 Å². The maximum Gasteiger partial charge on any atom is 0.101 e. The molecule has 2 nitrogen and oxygen atoms in total. The molecule has 0 amide bonds. The van der Waals surface area contributed by atoms with Crippen molar-refractivity contribution in [3.63, 3.8) is 0 Å². The molecule has 2 N–H and O–H groups in total. The number of benzene rings is 1. The SMILES string of the molecule is CC(C)Cc1ccc(C(C)C(N)=NC2CCCCC2)cc1.Cl. The molecule has 1 aromatic carbocycles. The van der Waals surface area contributed by atoms with Crippen molar-refractivity contribution in [1.82, 2.24) is 0 Å². The average molecular weight is 323 g/mol. The van der Waals surface area contributed by atoms with Crippen molar-refractivity contribution in [2.24, 2.45) is 16.6 Å². The first-order chi connectivity index (χ1) is 10.1. The van der Waals surface area contributed by atoms with E-state index in [1.54, 1.807) is 0 Å². The first kappa shape index (κ1) is 19.0. The molecule has 124 valence electrons. The first-order valence-electron chi connectivity index (χ1n) is 8.48. The van der Waals surface area contributed by atoms with Gasteiger partial charge >= 0.3 is 0 Å². The van der Waals surface area contributed by atoms with Gasteiger partial charge in [-0.15, -0.1) is 12.4 Å². The van der Waals surface area contributed by atoms with Crippen molar-refractivity contribution in [1.29, 1.82) is 0 Å². The molecule has 1 aliphatic rings. The Kier molecular flexibility index (Phi) is 7.95. The summed E-state index contributed by atoms with van der Waals surface area (Å²) in [7, 11) is 0. The summed E-state index contributed by atoms with van der Waals surface area (Å²) in [5, 5.41) is 0. The van der Waals surface area contributed by atoms with Crippen LogP contribution in [0.15, 0.2) is 29.3 Å². The molecular weight excluding hydrogens is 292 g/mol. The van der Waals surface area contributed by atoms with Crippen molar-refractivity contribution >= 4 is 18.2 Å². The second-order valence-corrected chi connectivity index (χ2v) is 6.91. The van der Waals surface area contributed by atoms with Gasteiger partial charge in [0.1, 0.15) is 5.84 Å².